The number of nitrogens with one attached hydrogen (secondary N) is 2. The molecule has 134 valence electrons. The number of H-pyrrole nitrogens is 1. The average molecular weight is 345 g/mol. The van der Waals surface area contributed by atoms with Gasteiger partial charge in [-0.2, -0.15) is 5.10 Å². The molecule has 0 saturated carbocycles. The number of aromatic nitrogens is 3. The molecule has 3 rings (SSSR count). The Morgan fingerprint density at radius 1 is 1.40 bits per heavy atom. The van der Waals surface area contributed by atoms with Gasteiger partial charge in [0, 0.05) is 6.54 Å². The summed E-state index contributed by atoms with van der Waals surface area (Å²) >= 11 is 0. The van der Waals surface area contributed by atoms with Crippen molar-refractivity contribution in [3.8, 4) is 5.75 Å². The molecule has 2 aromatic rings. The van der Waals surface area contributed by atoms with Crippen LogP contribution in [0.2, 0.25) is 0 Å². The number of morpholine rings is 1. The molecule has 1 aromatic carbocycles. The van der Waals surface area contributed by atoms with E-state index >= 15 is 0 Å². The number of hydrogen-bond donors (Lipinski definition) is 2. The normalized spacial score (nSPS) is 20.3. The molecule has 1 aliphatic rings. The van der Waals surface area contributed by atoms with Gasteiger partial charge in [0.1, 0.15) is 12.4 Å². The Bertz CT molecular complexity index is 691. The number of urea groups is 1. The van der Waals surface area contributed by atoms with Gasteiger partial charge in [-0.1, -0.05) is 18.2 Å². The van der Waals surface area contributed by atoms with Crippen LogP contribution in [0.4, 0.5) is 4.79 Å². The highest BCUT2D eigenvalue weighted by atomic mass is 16.5. The van der Waals surface area contributed by atoms with Crippen LogP contribution < -0.4 is 10.1 Å². The van der Waals surface area contributed by atoms with Crippen molar-refractivity contribution in [1.29, 1.82) is 0 Å². The molecule has 25 heavy (non-hydrogen) atoms. The maximum absolute atomic E-state index is 12.3. The summed E-state index contributed by atoms with van der Waals surface area (Å²) in [6.07, 6.45) is 0.0483. The lowest BCUT2D eigenvalue weighted by Gasteiger charge is -2.36. The first-order valence-corrected chi connectivity index (χ1v) is 8.36. The van der Waals surface area contributed by atoms with Crippen LogP contribution in [-0.2, 0) is 17.9 Å². The molecule has 0 unspecified atom stereocenters. The molecule has 0 aliphatic carbocycles. The third-order valence-electron chi connectivity index (χ3n) is 3.96. The number of ether oxygens (including phenoxy) is 2. The molecule has 1 fully saturated rings. The molecule has 0 spiro atoms. The number of hydrogen-bond acceptors (Lipinski definition) is 5. The fourth-order valence-corrected chi connectivity index (χ4v) is 2.59. The molecule has 2 amide bonds. The predicted octanol–water partition coefficient (Wildman–Crippen LogP) is 1.70. The molecule has 0 bridgehead atoms. The molecule has 1 aliphatic heterocycles. The zero-order valence-electron chi connectivity index (χ0n) is 14.4. The van der Waals surface area contributed by atoms with E-state index in [4.69, 9.17) is 9.47 Å². The van der Waals surface area contributed by atoms with Crippen molar-refractivity contribution in [3.63, 3.8) is 0 Å². The molecular weight excluding hydrogens is 322 g/mol. The number of amides is 2. The third-order valence-corrected chi connectivity index (χ3v) is 3.96. The summed E-state index contributed by atoms with van der Waals surface area (Å²) in [7, 11) is 0. The highest BCUT2D eigenvalue weighted by Gasteiger charge is 2.27. The van der Waals surface area contributed by atoms with Crippen molar-refractivity contribution >= 4 is 6.03 Å². The van der Waals surface area contributed by atoms with Crippen molar-refractivity contribution in [3.05, 3.63) is 42.0 Å². The first-order valence-electron chi connectivity index (χ1n) is 8.36. The van der Waals surface area contributed by atoms with Crippen molar-refractivity contribution in [2.24, 2.45) is 0 Å². The van der Waals surface area contributed by atoms with Gasteiger partial charge >= 0.3 is 6.03 Å². The van der Waals surface area contributed by atoms with E-state index in [2.05, 4.69) is 20.5 Å². The lowest BCUT2D eigenvalue weighted by Crippen LogP contribution is -2.53. The number of aromatic amines is 1. The smallest absolute Gasteiger partial charge is 0.318 e. The fraction of sp³-hybridized carbons (Fsp3) is 0.471. The number of rotatable bonds is 5. The quantitative estimate of drug-likeness (QED) is 0.860. The van der Waals surface area contributed by atoms with Crippen molar-refractivity contribution in [1.82, 2.24) is 25.4 Å². The van der Waals surface area contributed by atoms with Gasteiger partial charge in [0.25, 0.3) is 0 Å². The average Bonchev–Trinajstić information content (AvgIpc) is 3.09. The summed E-state index contributed by atoms with van der Waals surface area (Å²) < 4.78 is 11.1. The Morgan fingerprint density at radius 2 is 2.20 bits per heavy atom. The molecule has 2 atom stereocenters. The van der Waals surface area contributed by atoms with E-state index in [-0.39, 0.29) is 24.7 Å². The van der Waals surface area contributed by atoms with E-state index in [1.807, 2.05) is 44.2 Å². The maximum Gasteiger partial charge on any atom is 0.318 e. The van der Waals surface area contributed by atoms with E-state index < -0.39 is 0 Å². The number of nitrogens with zero attached hydrogens (tertiary/aromatic N) is 3. The molecule has 8 nitrogen and oxygen atoms in total. The van der Waals surface area contributed by atoms with Crippen LogP contribution in [0.25, 0.3) is 0 Å². The highest BCUT2D eigenvalue weighted by molar-refractivity contribution is 5.74. The van der Waals surface area contributed by atoms with E-state index in [1.54, 1.807) is 4.90 Å². The van der Waals surface area contributed by atoms with Crippen molar-refractivity contribution in [2.75, 3.05) is 13.2 Å². The molecule has 2 N–H and O–H groups in total. The van der Waals surface area contributed by atoms with Crippen LogP contribution in [0.1, 0.15) is 25.5 Å². The lowest BCUT2D eigenvalue weighted by molar-refractivity contribution is -0.0318. The molecule has 8 heteroatoms. The standard InChI is InChI=1S/C17H23N5O3/c1-12-10-24-13(2)9-22(12)17(23)18-8-15-19-16(21-20-15)11-25-14-6-4-3-5-7-14/h3-7,12-13H,8-11H2,1-2H3,(H,18,23)(H,19,20,21)/t12-,13-/m1/s1. The SMILES string of the molecule is C[C@@H]1CN(C(=O)NCc2n[nH]c(COc3ccccc3)n2)[C@H](C)CO1. The van der Waals surface area contributed by atoms with Crippen LogP contribution in [0, 0.1) is 0 Å². The van der Waals surface area contributed by atoms with Gasteiger partial charge in [0.05, 0.1) is 25.3 Å². The summed E-state index contributed by atoms with van der Waals surface area (Å²) in [5.41, 5.74) is 0. The van der Waals surface area contributed by atoms with E-state index in [0.717, 1.165) is 5.75 Å². The zero-order valence-corrected chi connectivity index (χ0v) is 14.4. The number of carbonyl (C=O) groups excluding carboxylic acids is 1. The van der Waals surface area contributed by atoms with Crippen LogP contribution in [-0.4, -0.2) is 51.4 Å². The second kappa shape index (κ2) is 7.98. The van der Waals surface area contributed by atoms with Gasteiger partial charge in [-0.3, -0.25) is 5.10 Å². The first kappa shape index (κ1) is 17.2. The number of para-hydroxylation sites is 1. The largest absolute Gasteiger partial charge is 0.486 e. The van der Waals surface area contributed by atoms with Crippen LogP contribution in [0.5, 0.6) is 5.75 Å². The van der Waals surface area contributed by atoms with Crippen LogP contribution in [0.15, 0.2) is 30.3 Å². The predicted molar refractivity (Wildman–Crippen MR) is 91.0 cm³/mol. The second-order valence-corrected chi connectivity index (χ2v) is 6.10. The summed E-state index contributed by atoms with van der Waals surface area (Å²) in [6, 6.07) is 9.42. The van der Waals surface area contributed by atoms with E-state index in [0.29, 0.717) is 31.4 Å². The van der Waals surface area contributed by atoms with Crippen molar-refractivity contribution in [2.45, 2.75) is 39.1 Å². The van der Waals surface area contributed by atoms with E-state index in [9.17, 15) is 4.79 Å². The second-order valence-electron chi connectivity index (χ2n) is 6.10. The fourth-order valence-electron chi connectivity index (χ4n) is 2.59. The van der Waals surface area contributed by atoms with Gasteiger partial charge in [-0.15, -0.1) is 0 Å². The maximum atomic E-state index is 12.3. The summed E-state index contributed by atoms with van der Waals surface area (Å²) in [5, 5.41) is 9.78. The highest BCUT2D eigenvalue weighted by Crippen LogP contribution is 2.12. The van der Waals surface area contributed by atoms with Crippen molar-refractivity contribution < 1.29 is 14.3 Å². The Labute approximate surface area is 146 Å². The third kappa shape index (κ3) is 4.69. The minimum absolute atomic E-state index is 0.0483. The van der Waals surface area contributed by atoms with Gasteiger partial charge < -0.3 is 19.7 Å². The van der Waals surface area contributed by atoms with Gasteiger partial charge in [-0.25, -0.2) is 9.78 Å². The first-order chi connectivity index (χ1) is 12.1. The molecule has 0 radical (unpaired) electrons. The Balaban J connectivity index is 1.47. The molecule has 2 heterocycles. The van der Waals surface area contributed by atoms with Gasteiger partial charge in [0.15, 0.2) is 11.6 Å². The monoisotopic (exact) mass is 345 g/mol. The minimum Gasteiger partial charge on any atom is -0.486 e. The van der Waals surface area contributed by atoms with Gasteiger partial charge in [0.2, 0.25) is 0 Å². The summed E-state index contributed by atoms with van der Waals surface area (Å²) in [4.78, 5) is 18.4. The van der Waals surface area contributed by atoms with Gasteiger partial charge in [-0.05, 0) is 26.0 Å². The van der Waals surface area contributed by atoms with Crippen LogP contribution in [0.3, 0.4) is 0 Å². The summed E-state index contributed by atoms with van der Waals surface area (Å²) in [6.45, 7) is 5.62. The topological polar surface area (TPSA) is 92.4 Å². The lowest BCUT2D eigenvalue weighted by atomic mass is 10.2. The molecular formula is C17H23N5O3. The molecule has 1 aromatic heterocycles. The van der Waals surface area contributed by atoms with Crippen LogP contribution >= 0.6 is 0 Å². The molecule has 1 saturated heterocycles. The zero-order chi connectivity index (χ0) is 17.6. The Kier molecular flexibility index (Phi) is 5.49. The number of carbonyl (C=O) groups is 1. The Morgan fingerprint density at radius 3 is 3.00 bits per heavy atom. The Hall–Kier alpha value is -2.61. The summed E-state index contributed by atoms with van der Waals surface area (Å²) in [5.74, 6) is 1.90. The number of benzene rings is 1. The van der Waals surface area contributed by atoms with E-state index in [1.165, 1.54) is 0 Å². The minimum atomic E-state index is -0.130.